The first-order chi connectivity index (χ1) is 9.17. The van der Waals surface area contributed by atoms with Gasteiger partial charge in [-0.1, -0.05) is 0 Å². The predicted octanol–water partition coefficient (Wildman–Crippen LogP) is 1.51. The molecule has 0 N–H and O–H groups in total. The van der Waals surface area contributed by atoms with Crippen LogP contribution in [0.3, 0.4) is 0 Å². The van der Waals surface area contributed by atoms with Crippen LogP contribution in [0, 0.1) is 0 Å². The third kappa shape index (κ3) is 2.04. The topological polar surface area (TPSA) is 51.0 Å². The maximum Gasteiger partial charge on any atom is 0.293 e. The molecule has 1 saturated heterocycles. The predicted molar refractivity (Wildman–Crippen MR) is 58.9 cm³/mol. The van der Waals surface area contributed by atoms with Gasteiger partial charge < -0.3 is 4.90 Å². The Balaban J connectivity index is 1.80. The van der Waals surface area contributed by atoms with Gasteiger partial charge in [0.1, 0.15) is 11.9 Å². The number of nitrogens with zero attached hydrogens (tertiary/aromatic N) is 4. The molecule has 1 fully saturated rings. The number of fused-ring (bicyclic) bond motifs is 1. The summed E-state index contributed by atoms with van der Waals surface area (Å²) >= 11 is 0. The summed E-state index contributed by atoms with van der Waals surface area (Å²) in [5, 5.41) is 3.78. The highest BCUT2D eigenvalue weighted by molar-refractivity contribution is 5.91. The molecule has 0 saturated carbocycles. The zero-order valence-electron chi connectivity index (χ0n) is 10.6. The van der Waals surface area contributed by atoms with Crippen LogP contribution in [-0.2, 0) is 6.42 Å². The number of carbonyl (C=O) groups is 1. The number of hydrogen-bond acceptors (Lipinski definition) is 3. The van der Waals surface area contributed by atoms with Crippen molar-refractivity contribution in [3.63, 3.8) is 0 Å². The maximum atomic E-state index is 13.4. The molecule has 0 spiro atoms. The van der Waals surface area contributed by atoms with Gasteiger partial charge in [-0.3, -0.25) is 4.79 Å². The second-order valence-electron chi connectivity index (χ2n) is 5.32. The van der Waals surface area contributed by atoms with Gasteiger partial charge in [-0.15, -0.1) is 5.10 Å². The fourth-order valence-corrected chi connectivity index (χ4v) is 2.52. The Hall–Kier alpha value is -1.67. The normalized spacial score (nSPS) is 24.4. The van der Waals surface area contributed by atoms with Crippen LogP contribution in [0.25, 0.3) is 0 Å². The van der Waals surface area contributed by atoms with Crippen molar-refractivity contribution in [3.05, 3.63) is 11.6 Å². The highest BCUT2D eigenvalue weighted by Crippen LogP contribution is 2.37. The van der Waals surface area contributed by atoms with Crippen LogP contribution in [0.4, 0.5) is 17.6 Å². The summed E-state index contributed by atoms with van der Waals surface area (Å²) < 4.78 is 53.2. The molecule has 9 heteroatoms. The van der Waals surface area contributed by atoms with Crippen molar-refractivity contribution in [1.82, 2.24) is 19.7 Å². The summed E-state index contributed by atoms with van der Waals surface area (Å²) in [6, 6.07) is -1.13. The van der Waals surface area contributed by atoms with E-state index in [0.29, 0.717) is 12.2 Å². The van der Waals surface area contributed by atoms with E-state index in [1.807, 2.05) is 0 Å². The van der Waals surface area contributed by atoms with Gasteiger partial charge in [0.2, 0.25) is 5.82 Å². The Kier molecular flexibility index (Phi) is 2.61. The molecule has 0 unspecified atom stereocenters. The van der Waals surface area contributed by atoms with Gasteiger partial charge in [0.15, 0.2) is 0 Å². The lowest BCUT2D eigenvalue weighted by atomic mass is 10.1. The van der Waals surface area contributed by atoms with Gasteiger partial charge in [-0.05, 0) is 6.42 Å². The molecular formula is C11H12F4N4O. The largest absolute Gasteiger partial charge is 0.324 e. The Morgan fingerprint density at radius 3 is 2.60 bits per heavy atom. The number of halogens is 4. The smallest absolute Gasteiger partial charge is 0.293 e. The SMILES string of the molecule is CC(F)(F)[C@@H]1CCc2nc(C(=O)N3CC(F)(F)C3)nn21. The molecule has 1 atom stereocenters. The molecule has 110 valence electrons. The molecule has 1 amide bonds. The van der Waals surface area contributed by atoms with E-state index in [4.69, 9.17) is 0 Å². The van der Waals surface area contributed by atoms with Crippen molar-refractivity contribution >= 4 is 5.91 Å². The van der Waals surface area contributed by atoms with E-state index in [2.05, 4.69) is 10.1 Å². The van der Waals surface area contributed by atoms with E-state index < -0.39 is 36.9 Å². The summed E-state index contributed by atoms with van der Waals surface area (Å²) in [5.41, 5.74) is 0. The molecule has 1 aromatic heterocycles. The number of hydrogen-bond donors (Lipinski definition) is 0. The number of alkyl halides is 4. The van der Waals surface area contributed by atoms with Crippen LogP contribution in [0.5, 0.6) is 0 Å². The van der Waals surface area contributed by atoms with Crippen molar-refractivity contribution in [2.75, 3.05) is 13.1 Å². The lowest BCUT2D eigenvalue weighted by Crippen LogP contribution is -2.58. The number of aryl methyl sites for hydroxylation is 1. The second kappa shape index (κ2) is 3.92. The fraction of sp³-hybridized carbons (Fsp3) is 0.727. The lowest BCUT2D eigenvalue weighted by molar-refractivity contribution is -0.113. The van der Waals surface area contributed by atoms with Crippen molar-refractivity contribution in [3.8, 4) is 0 Å². The zero-order valence-corrected chi connectivity index (χ0v) is 10.6. The number of aromatic nitrogens is 3. The lowest BCUT2D eigenvalue weighted by Gasteiger charge is -2.37. The van der Waals surface area contributed by atoms with Crippen molar-refractivity contribution in [1.29, 1.82) is 0 Å². The minimum atomic E-state index is -2.97. The Morgan fingerprint density at radius 2 is 2.05 bits per heavy atom. The van der Waals surface area contributed by atoms with Crippen LogP contribution in [-0.4, -0.2) is 50.5 Å². The minimum absolute atomic E-state index is 0.203. The van der Waals surface area contributed by atoms with Crippen molar-refractivity contribution in [2.24, 2.45) is 0 Å². The molecule has 0 radical (unpaired) electrons. The Morgan fingerprint density at radius 1 is 1.40 bits per heavy atom. The molecule has 20 heavy (non-hydrogen) atoms. The van der Waals surface area contributed by atoms with Gasteiger partial charge in [0.05, 0.1) is 13.1 Å². The molecule has 5 nitrogen and oxygen atoms in total. The maximum absolute atomic E-state index is 13.4. The average molecular weight is 292 g/mol. The van der Waals surface area contributed by atoms with E-state index >= 15 is 0 Å². The summed E-state index contributed by atoms with van der Waals surface area (Å²) in [6.07, 6.45) is 0.500. The monoisotopic (exact) mass is 292 g/mol. The highest BCUT2D eigenvalue weighted by Gasteiger charge is 2.48. The van der Waals surface area contributed by atoms with E-state index in [9.17, 15) is 22.4 Å². The molecule has 3 heterocycles. The van der Waals surface area contributed by atoms with Crippen LogP contribution in [0.1, 0.15) is 35.8 Å². The van der Waals surface area contributed by atoms with E-state index in [0.717, 1.165) is 16.5 Å². The van der Waals surface area contributed by atoms with Gasteiger partial charge in [0.25, 0.3) is 17.8 Å². The van der Waals surface area contributed by atoms with E-state index in [1.165, 1.54) is 0 Å². The van der Waals surface area contributed by atoms with Crippen molar-refractivity contribution < 1.29 is 22.4 Å². The molecule has 0 aromatic carbocycles. The van der Waals surface area contributed by atoms with Gasteiger partial charge in [-0.2, -0.15) is 0 Å². The summed E-state index contributed by atoms with van der Waals surface area (Å²) in [5.74, 6) is -6.58. The van der Waals surface area contributed by atoms with Crippen LogP contribution >= 0.6 is 0 Å². The van der Waals surface area contributed by atoms with Crippen LogP contribution in [0.2, 0.25) is 0 Å². The highest BCUT2D eigenvalue weighted by atomic mass is 19.3. The van der Waals surface area contributed by atoms with Gasteiger partial charge in [0, 0.05) is 13.3 Å². The Bertz CT molecular complexity index is 557. The third-order valence-electron chi connectivity index (χ3n) is 3.55. The third-order valence-corrected chi connectivity index (χ3v) is 3.55. The summed E-state index contributed by atoms with van der Waals surface area (Å²) in [7, 11) is 0. The fourth-order valence-electron chi connectivity index (χ4n) is 2.52. The number of amides is 1. The average Bonchev–Trinajstić information content (AvgIpc) is 2.81. The molecule has 0 bridgehead atoms. The van der Waals surface area contributed by atoms with Crippen molar-refractivity contribution in [2.45, 2.75) is 37.7 Å². The molecule has 2 aliphatic rings. The Labute approximate surface area is 111 Å². The van der Waals surface area contributed by atoms with E-state index in [-0.39, 0.29) is 12.2 Å². The second-order valence-corrected chi connectivity index (χ2v) is 5.32. The standard InChI is InChI=1S/C11H12F4N4O/c1-10(12,13)6-2-3-7-16-8(17-19(6)7)9(20)18-4-11(14,15)5-18/h6H,2-5H2,1H3/t6-/m0/s1. The first kappa shape index (κ1) is 13.3. The number of carbonyl (C=O) groups excluding carboxylic acids is 1. The first-order valence-corrected chi connectivity index (χ1v) is 6.18. The molecule has 0 aliphatic carbocycles. The van der Waals surface area contributed by atoms with E-state index in [1.54, 1.807) is 0 Å². The molecular weight excluding hydrogens is 280 g/mol. The summed E-state index contributed by atoms with van der Waals surface area (Å²) in [6.45, 7) is -0.571. The quantitative estimate of drug-likeness (QED) is 0.776. The van der Waals surface area contributed by atoms with Crippen LogP contribution < -0.4 is 0 Å². The summed E-state index contributed by atoms with van der Waals surface area (Å²) in [4.78, 5) is 16.6. The molecule has 2 aliphatic heterocycles. The molecule has 1 aromatic rings. The van der Waals surface area contributed by atoms with Crippen LogP contribution in [0.15, 0.2) is 0 Å². The molecule has 3 rings (SSSR count). The minimum Gasteiger partial charge on any atom is -0.324 e. The number of likely N-dealkylation sites (tertiary alicyclic amines) is 1. The van der Waals surface area contributed by atoms with Gasteiger partial charge >= 0.3 is 0 Å². The first-order valence-electron chi connectivity index (χ1n) is 6.18. The number of rotatable bonds is 2. The zero-order chi connectivity index (χ0) is 14.7. The van der Waals surface area contributed by atoms with Gasteiger partial charge in [-0.25, -0.2) is 27.2 Å².